The molecule has 0 saturated heterocycles. The van der Waals surface area contributed by atoms with Gasteiger partial charge in [-0.25, -0.2) is 0 Å². The van der Waals surface area contributed by atoms with Crippen LogP contribution in [0.3, 0.4) is 0 Å². The normalized spacial score (nSPS) is 12.2. The van der Waals surface area contributed by atoms with E-state index in [9.17, 15) is 0 Å². The highest BCUT2D eigenvalue weighted by Gasteiger charge is 2.11. The van der Waals surface area contributed by atoms with Crippen molar-refractivity contribution in [3.05, 3.63) is 61.5 Å². The maximum atomic E-state index is 6.00. The van der Waals surface area contributed by atoms with Crippen LogP contribution in [0.15, 0.2) is 45.3 Å². The molecule has 3 N–H and O–H groups in total. The average Bonchev–Trinajstić information content (AvgIpc) is 2.43. The van der Waals surface area contributed by atoms with Gasteiger partial charge in [0.1, 0.15) is 0 Å². The van der Waals surface area contributed by atoms with Gasteiger partial charge in [0, 0.05) is 21.2 Å². The molecule has 20 heavy (non-hydrogen) atoms. The minimum absolute atomic E-state index is 0.0647. The lowest BCUT2D eigenvalue weighted by molar-refractivity contribution is 0.788. The summed E-state index contributed by atoms with van der Waals surface area (Å²) in [5, 5.41) is 4.12. The summed E-state index contributed by atoms with van der Waals surface area (Å²) in [7, 11) is 0. The third kappa shape index (κ3) is 3.76. The topological polar surface area (TPSA) is 38.0 Å². The molecule has 0 saturated carbocycles. The molecule has 0 amide bonds. The van der Waals surface area contributed by atoms with Crippen LogP contribution in [0, 0.1) is 6.92 Å². The van der Waals surface area contributed by atoms with Crippen LogP contribution in [-0.4, -0.2) is 6.54 Å². The standard InChI is InChI=1S/C15H15Br2ClN2/c1-9-6-10(2-4-12(9)16)15(8-19)20-11-3-5-14(18)13(17)7-11/h2-7,15,20H,8,19H2,1H3. The molecule has 1 atom stereocenters. The van der Waals surface area contributed by atoms with Gasteiger partial charge < -0.3 is 11.1 Å². The van der Waals surface area contributed by atoms with Gasteiger partial charge in [0.2, 0.25) is 0 Å². The van der Waals surface area contributed by atoms with E-state index in [1.165, 1.54) is 11.1 Å². The summed E-state index contributed by atoms with van der Waals surface area (Å²) in [5.41, 5.74) is 9.24. The number of nitrogens with two attached hydrogens (primary N) is 1. The van der Waals surface area contributed by atoms with E-state index in [1.54, 1.807) is 0 Å². The van der Waals surface area contributed by atoms with Crippen LogP contribution >= 0.6 is 43.5 Å². The molecular weight excluding hydrogens is 403 g/mol. The van der Waals surface area contributed by atoms with Gasteiger partial charge in [0.25, 0.3) is 0 Å². The first-order chi connectivity index (χ1) is 9.51. The third-order valence-corrected chi connectivity index (χ3v) is 5.18. The SMILES string of the molecule is Cc1cc(C(CN)Nc2ccc(Cl)c(Br)c2)ccc1Br. The second-order valence-corrected chi connectivity index (χ2v) is 6.69. The minimum Gasteiger partial charge on any atom is -0.377 e. The van der Waals surface area contributed by atoms with E-state index in [2.05, 4.69) is 56.2 Å². The molecule has 0 aliphatic carbocycles. The lowest BCUT2D eigenvalue weighted by Gasteiger charge is -2.20. The molecule has 5 heteroatoms. The second-order valence-electron chi connectivity index (χ2n) is 4.57. The summed E-state index contributed by atoms with van der Waals surface area (Å²) in [4.78, 5) is 0. The molecule has 0 radical (unpaired) electrons. The third-order valence-electron chi connectivity index (χ3n) is 3.08. The Hall–Kier alpha value is -0.550. The monoisotopic (exact) mass is 416 g/mol. The summed E-state index contributed by atoms with van der Waals surface area (Å²) in [6.45, 7) is 2.58. The van der Waals surface area contributed by atoms with Crippen molar-refractivity contribution in [3.8, 4) is 0 Å². The molecule has 0 fully saturated rings. The number of hydrogen-bond donors (Lipinski definition) is 2. The molecule has 0 aliphatic rings. The zero-order valence-corrected chi connectivity index (χ0v) is 14.9. The van der Waals surface area contributed by atoms with Crippen molar-refractivity contribution < 1.29 is 0 Å². The highest BCUT2D eigenvalue weighted by Crippen LogP contribution is 2.28. The number of nitrogens with one attached hydrogen (secondary N) is 1. The van der Waals surface area contributed by atoms with E-state index in [0.29, 0.717) is 11.6 Å². The van der Waals surface area contributed by atoms with E-state index in [-0.39, 0.29) is 6.04 Å². The van der Waals surface area contributed by atoms with Crippen LogP contribution in [0.25, 0.3) is 0 Å². The number of hydrogen-bond acceptors (Lipinski definition) is 2. The molecule has 2 nitrogen and oxygen atoms in total. The van der Waals surface area contributed by atoms with Crippen LogP contribution in [0.5, 0.6) is 0 Å². The van der Waals surface area contributed by atoms with Crippen molar-refractivity contribution in [2.45, 2.75) is 13.0 Å². The molecule has 1 unspecified atom stereocenters. The highest BCUT2D eigenvalue weighted by molar-refractivity contribution is 9.10. The van der Waals surface area contributed by atoms with Gasteiger partial charge in [0.15, 0.2) is 0 Å². The van der Waals surface area contributed by atoms with Crippen molar-refractivity contribution in [3.63, 3.8) is 0 Å². The van der Waals surface area contributed by atoms with Gasteiger partial charge in [-0.2, -0.15) is 0 Å². The Balaban J connectivity index is 2.23. The van der Waals surface area contributed by atoms with Crippen LogP contribution in [0.2, 0.25) is 5.02 Å². The van der Waals surface area contributed by atoms with Crippen molar-refractivity contribution in [1.82, 2.24) is 0 Å². The Labute approximate surface area is 141 Å². The van der Waals surface area contributed by atoms with E-state index >= 15 is 0 Å². The zero-order valence-electron chi connectivity index (χ0n) is 11.0. The number of halogens is 3. The smallest absolute Gasteiger partial charge is 0.0636 e. The molecule has 0 aromatic heterocycles. The van der Waals surface area contributed by atoms with Gasteiger partial charge in [-0.1, -0.05) is 39.7 Å². The maximum Gasteiger partial charge on any atom is 0.0636 e. The predicted molar refractivity (Wildman–Crippen MR) is 93.4 cm³/mol. The van der Waals surface area contributed by atoms with E-state index in [4.69, 9.17) is 17.3 Å². The van der Waals surface area contributed by atoms with Crippen LogP contribution in [0.4, 0.5) is 5.69 Å². The van der Waals surface area contributed by atoms with Gasteiger partial charge >= 0.3 is 0 Å². The molecule has 106 valence electrons. The van der Waals surface area contributed by atoms with Crippen molar-refractivity contribution in [2.75, 3.05) is 11.9 Å². The fraction of sp³-hybridized carbons (Fsp3) is 0.200. The van der Waals surface area contributed by atoms with E-state index < -0.39 is 0 Å². The number of benzene rings is 2. The summed E-state index contributed by atoms with van der Waals surface area (Å²) in [5.74, 6) is 0. The first-order valence-electron chi connectivity index (χ1n) is 6.19. The molecular formula is C15H15Br2ClN2. The number of rotatable bonds is 4. The van der Waals surface area contributed by atoms with E-state index in [1.807, 2.05) is 24.3 Å². The molecule has 0 bridgehead atoms. The lowest BCUT2D eigenvalue weighted by Crippen LogP contribution is -2.20. The predicted octanol–water partition coefficient (Wildman–Crippen LogP) is 5.29. The molecule has 0 spiro atoms. The Morgan fingerprint density at radius 2 is 1.90 bits per heavy atom. The summed E-state index contributed by atoms with van der Waals surface area (Å²) >= 11 is 12.9. The van der Waals surface area contributed by atoms with Gasteiger partial charge in [-0.3, -0.25) is 0 Å². The van der Waals surface area contributed by atoms with Crippen LogP contribution < -0.4 is 11.1 Å². The maximum absolute atomic E-state index is 6.00. The molecule has 0 aliphatic heterocycles. The average molecular weight is 419 g/mol. The Bertz CT molecular complexity index is 617. The summed E-state index contributed by atoms with van der Waals surface area (Å²) < 4.78 is 1.97. The minimum atomic E-state index is 0.0647. The van der Waals surface area contributed by atoms with Crippen LogP contribution in [0.1, 0.15) is 17.2 Å². The van der Waals surface area contributed by atoms with Gasteiger partial charge in [-0.05, 0) is 58.2 Å². The first kappa shape index (κ1) is 15.8. The summed E-state index contributed by atoms with van der Waals surface area (Å²) in [6, 6.07) is 12.1. The van der Waals surface area contributed by atoms with Crippen molar-refractivity contribution >= 4 is 49.1 Å². The lowest BCUT2D eigenvalue weighted by atomic mass is 10.0. The van der Waals surface area contributed by atoms with Crippen molar-refractivity contribution in [2.24, 2.45) is 5.73 Å². The fourth-order valence-electron chi connectivity index (χ4n) is 1.95. The molecule has 2 aromatic rings. The zero-order chi connectivity index (χ0) is 14.7. The van der Waals surface area contributed by atoms with Gasteiger partial charge in [0.05, 0.1) is 11.1 Å². The Morgan fingerprint density at radius 3 is 2.50 bits per heavy atom. The van der Waals surface area contributed by atoms with Crippen LogP contribution in [-0.2, 0) is 0 Å². The second kappa shape index (κ2) is 6.94. The molecule has 0 heterocycles. The highest BCUT2D eigenvalue weighted by atomic mass is 79.9. The van der Waals surface area contributed by atoms with Gasteiger partial charge in [-0.15, -0.1) is 0 Å². The molecule has 2 aromatic carbocycles. The fourth-order valence-corrected chi connectivity index (χ4v) is 2.69. The first-order valence-corrected chi connectivity index (χ1v) is 8.15. The number of aryl methyl sites for hydroxylation is 1. The quantitative estimate of drug-likeness (QED) is 0.708. The largest absolute Gasteiger partial charge is 0.377 e. The Morgan fingerprint density at radius 1 is 1.15 bits per heavy atom. The Kier molecular flexibility index (Phi) is 5.49. The summed E-state index contributed by atoms with van der Waals surface area (Å²) in [6.07, 6.45) is 0. The van der Waals surface area contributed by atoms with Crippen molar-refractivity contribution in [1.29, 1.82) is 0 Å². The number of anilines is 1. The molecule has 2 rings (SSSR count). The van der Waals surface area contributed by atoms with E-state index in [0.717, 1.165) is 14.6 Å².